The summed E-state index contributed by atoms with van der Waals surface area (Å²) in [4.78, 5) is 26.0. The molecule has 0 aliphatic carbocycles. The molecule has 2 aliphatic rings. The maximum Gasteiger partial charge on any atom is 0.225 e. The number of aromatic nitrogens is 5. The highest BCUT2D eigenvalue weighted by Crippen LogP contribution is 2.37. The van der Waals surface area contributed by atoms with Crippen molar-refractivity contribution in [3.05, 3.63) is 71.4 Å². The summed E-state index contributed by atoms with van der Waals surface area (Å²) in [6.45, 7) is 6.13. The van der Waals surface area contributed by atoms with Crippen LogP contribution in [0.3, 0.4) is 0 Å². The Bertz CT molecular complexity index is 1820. The lowest BCUT2D eigenvalue weighted by Gasteiger charge is -2.45. The molecule has 0 atom stereocenters. The quantitative estimate of drug-likeness (QED) is 0.260. The van der Waals surface area contributed by atoms with Gasteiger partial charge in [-0.25, -0.2) is 24.3 Å². The Labute approximate surface area is 265 Å². The van der Waals surface area contributed by atoms with Crippen molar-refractivity contribution in [1.29, 1.82) is 5.26 Å². The maximum atomic E-state index is 13.5. The van der Waals surface area contributed by atoms with Crippen molar-refractivity contribution in [2.75, 3.05) is 50.1 Å². The summed E-state index contributed by atoms with van der Waals surface area (Å²) in [6.07, 6.45) is 6.52. The van der Waals surface area contributed by atoms with Crippen LogP contribution in [0.1, 0.15) is 17.5 Å². The second kappa shape index (κ2) is 12.1. The lowest BCUT2D eigenvalue weighted by atomic mass is 10.0. The molecule has 0 unspecified atom stereocenters. The Morgan fingerprint density at radius 2 is 1.68 bits per heavy atom. The first kappa shape index (κ1) is 29.9. The van der Waals surface area contributed by atoms with E-state index in [1.165, 1.54) is 23.5 Å². The fourth-order valence-electron chi connectivity index (χ4n) is 5.78. The van der Waals surface area contributed by atoms with Gasteiger partial charge in [-0.3, -0.25) is 4.40 Å². The Balaban J connectivity index is 0.00000343. The first-order valence-electron chi connectivity index (χ1n) is 14.3. The summed E-state index contributed by atoms with van der Waals surface area (Å²) in [5, 5.41) is 14.2. The number of pyridine rings is 1. The number of likely N-dealkylation sites (N-methyl/N-ethyl adjacent to an activating group) is 1. The zero-order valence-electron chi connectivity index (χ0n) is 24.6. The molecule has 13 heteroatoms. The summed E-state index contributed by atoms with van der Waals surface area (Å²) < 4.78 is 15.6. The number of thiazole rings is 1. The smallest absolute Gasteiger partial charge is 0.225 e. The van der Waals surface area contributed by atoms with Crippen LogP contribution in [0.25, 0.3) is 28.0 Å². The van der Waals surface area contributed by atoms with Crippen molar-refractivity contribution in [3.63, 3.8) is 0 Å². The minimum absolute atomic E-state index is 0. The van der Waals surface area contributed by atoms with Gasteiger partial charge in [-0.05, 0) is 49.9 Å². The van der Waals surface area contributed by atoms with Crippen LogP contribution in [0.5, 0.6) is 0 Å². The maximum absolute atomic E-state index is 13.5. The second-order valence-electron chi connectivity index (χ2n) is 11.2. The van der Waals surface area contributed by atoms with E-state index in [0.29, 0.717) is 33.3 Å². The predicted molar refractivity (Wildman–Crippen MR) is 174 cm³/mol. The van der Waals surface area contributed by atoms with Crippen molar-refractivity contribution < 1.29 is 4.39 Å². The van der Waals surface area contributed by atoms with Gasteiger partial charge < -0.3 is 20.0 Å². The number of aryl methyl sites for hydroxylation is 1. The molecular weight excluding hydrogens is 599 g/mol. The number of likely N-dealkylation sites (tertiary alicyclic amines) is 1. The van der Waals surface area contributed by atoms with Gasteiger partial charge in [0.2, 0.25) is 5.95 Å². The van der Waals surface area contributed by atoms with Crippen LogP contribution in [0.2, 0.25) is 0 Å². The zero-order chi connectivity index (χ0) is 29.7. The molecule has 44 heavy (non-hydrogen) atoms. The molecule has 1 aromatic carbocycles. The van der Waals surface area contributed by atoms with E-state index < -0.39 is 0 Å². The summed E-state index contributed by atoms with van der Waals surface area (Å²) in [5.41, 5.74) is 4.85. The summed E-state index contributed by atoms with van der Waals surface area (Å²) in [7, 11) is 4.08. The van der Waals surface area contributed by atoms with Crippen LogP contribution < -0.4 is 15.1 Å². The minimum atomic E-state index is -0.331. The van der Waals surface area contributed by atoms with E-state index in [9.17, 15) is 9.65 Å². The first-order valence-corrected chi connectivity index (χ1v) is 15.2. The molecule has 4 aromatic heterocycles. The minimum Gasteiger partial charge on any atom is -0.338 e. The van der Waals surface area contributed by atoms with E-state index in [4.69, 9.17) is 9.97 Å². The van der Waals surface area contributed by atoms with Gasteiger partial charge in [-0.2, -0.15) is 5.26 Å². The number of nitriles is 1. The van der Waals surface area contributed by atoms with E-state index in [1.807, 2.05) is 42.7 Å². The monoisotopic (exact) mass is 630 g/mol. The molecule has 6 heterocycles. The Morgan fingerprint density at radius 1 is 1.00 bits per heavy atom. The number of halogens is 2. The number of anilines is 3. The van der Waals surface area contributed by atoms with Gasteiger partial charge in [-0.15, -0.1) is 12.4 Å². The molecule has 2 saturated heterocycles. The van der Waals surface area contributed by atoms with Gasteiger partial charge in [0, 0.05) is 80.6 Å². The molecule has 0 bridgehead atoms. The number of nitrogens with one attached hydrogen (secondary N) is 1. The molecule has 10 nitrogen and oxygen atoms in total. The van der Waals surface area contributed by atoms with Crippen molar-refractivity contribution in [1.82, 2.24) is 34.6 Å². The van der Waals surface area contributed by atoms with E-state index >= 15 is 0 Å². The van der Waals surface area contributed by atoms with Crippen molar-refractivity contribution in [3.8, 4) is 28.5 Å². The topological polar surface area (TPSA) is 102 Å². The van der Waals surface area contributed by atoms with E-state index in [0.717, 1.165) is 66.8 Å². The van der Waals surface area contributed by atoms with Crippen LogP contribution in [0, 0.1) is 17.1 Å². The molecular formula is C31H32ClFN10S. The van der Waals surface area contributed by atoms with Crippen molar-refractivity contribution in [2.45, 2.75) is 25.4 Å². The van der Waals surface area contributed by atoms with Crippen LogP contribution in [-0.2, 0) is 6.42 Å². The van der Waals surface area contributed by atoms with Gasteiger partial charge in [0.25, 0.3) is 0 Å². The standard InChI is InChI=1S/C31H31FN10S.ClH/c1-4-25-29(40(3)31-38-28(26(11-33)43-31)19-5-8-22(32)9-6-19)42-14-20(7-10-27(42)37-25)21-12-34-30(35-13-21)41-17-24(18-41)36-23-15-39(2)16-23;/h5-10,12-14,23-24,36H,4,15-18H2,1-3H3;1H. The highest BCUT2D eigenvalue weighted by Gasteiger charge is 2.33. The highest BCUT2D eigenvalue weighted by atomic mass is 35.5. The third kappa shape index (κ3) is 5.48. The van der Waals surface area contributed by atoms with Crippen molar-refractivity contribution >= 4 is 46.3 Å². The molecule has 2 aliphatic heterocycles. The van der Waals surface area contributed by atoms with E-state index in [-0.39, 0.29) is 18.2 Å². The highest BCUT2D eigenvalue weighted by molar-refractivity contribution is 7.16. The second-order valence-corrected chi connectivity index (χ2v) is 12.2. The molecule has 5 aromatic rings. The van der Waals surface area contributed by atoms with Gasteiger partial charge >= 0.3 is 0 Å². The SMILES string of the molecule is CCc1nc2ccc(-c3cnc(N4CC(NC5CN(C)C5)C4)nc3)cn2c1N(C)c1nc(-c2ccc(F)cc2)c(C#N)s1.Cl. The number of nitrogens with zero attached hydrogens (tertiary/aromatic N) is 9. The largest absolute Gasteiger partial charge is 0.338 e. The molecule has 2 fully saturated rings. The Kier molecular flexibility index (Phi) is 8.22. The number of imidazole rings is 1. The van der Waals surface area contributed by atoms with Crippen LogP contribution in [-0.4, -0.2) is 81.6 Å². The van der Waals surface area contributed by atoms with Gasteiger partial charge in [0.05, 0.1) is 5.69 Å². The molecule has 0 radical (unpaired) electrons. The summed E-state index contributed by atoms with van der Waals surface area (Å²) in [5.74, 6) is 1.29. The summed E-state index contributed by atoms with van der Waals surface area (Å²) in [6, 6.07) is 13.4. The van der Waals surface area contributed by atoms with Gasteiger partial charge in [0.1, 0.15) is 33.9 Å². The lowest BCUT2D eigenvalue weighted by molar-refractivity contribution is 0.145. The zero-order valence-corrected chi connectivity index (χ0v) is 26.2. The molecule has 226 valence electrons. The normalized spacial score (nSPS) is 15.5. The third-order valence-corrected chi connectivity index (χ3v) is 9.15. The van der Waals surface area contributed by atoms with Crippen LogP contribution in [0.4, 0.5) is 21.3 Å². The van der Waals surface area contributed by atoms with Gasteiger partial charge in [-0.1, -0.05) is 18.3 Å². The predicted octanol–water partition coefficient (Wildman–Crippen LogP) is 4.77. The average Bonchev–Trinajstić information content (AvgIpc) is 3.59. The molecule has 0 amide bonds. The fraction of sp³-hybridized carbons (Fsp3) is 0.323. The number of hydrogen-bond donors (Lipinski definition) is 1. The van der Waals surface area contributed by atoms with Crippen LogP contribution >= 0.6 is 23.7 Å². The number of rotatable bonds is 8. The Morgan fingerprint density at radius 3 is 2.34 bits per heavy atom. The average molecular weight is 631 g/mol. The first-order chi connectivity index (χ1) is 20.9. The molecule has 0 spiro atoms. The fourth-order valence-corrected chi connectivity index (χ4v) is 6.63. The molecule has 0 saturated carbocycles. The summed E-state index contributed by atoms with van der Waals surface area (Å²) >= 11 is 1.30. The van der Waals surface area contributed by atoms with Crippen molar-refractivity contribution in [2.24, 2.45) is 0 Å². The number of benzene rings is 1. The molecule has 1 N–H and O–H groups in total. The lowest BCUT2D eigenvalue weighted by Crippen LogP contribution is -2.66. The van der Waals surface area contributed by atoms with E-state index in [1.54, 1.807) is 12.1 Å². The molecule has 7 rings (SSSR count). The number of fused-ring (bicyclic) bond motifs is 1. The van der Waals surface area contributed by atoms with Gasteiger partial charge in [0.15, 0.2) is 5.13 Å². The van der Waals surface area contributed by atoms with Crippen LogP contribution in [0.15, 0.2) is 55.0 Å². The number of hydrogen-bond acceptors (Lipinski definition) is 10. The third-order valence-electron chi connectivity index (χ3n) is 8.11. The Hall–Kier alpha value is -4.15. The van der Waals surface area contributed by atoms with E-state index in [2.05, 4.69) is 49.5 Å².